The maximum atomic E-state index is 13.5. The van der Waals surface area contributed by atoms with Crippen LogP contribution in [0.1, 0.15) is 57.3 Å². The quantitative estimate of drug-likeness (QED) is 0.439. The van der Waals surface area contributed by atoms with E-state index in [1.807, 2.05) is 45.7 Å². The average Bonchev–Trinajstić information content (AvgIpc) is 3.16. The molecule has 0 bridgehead atoms. The standard InChI is InChI=1S/C25H29N7O/c1-4-5-8-18-16-32(22-13-25(22,2)3)24(33)31(18)15-17-14-26-12-11-19(17)20-9-6-7-10-21(20)23-27-29-30-28-23/h6-7,9-12,14,16,22H,4-5,8,13,15H2,1-3H3,(H,27,28,29,30). The lowest BCUT2D eigenvalue weighted by atomic mass is 9.96. The van der Waals surface area contributed by atoms with Gasteiger partial charge in [0.1, 0.15) is 0 Å². The van der Waals surface area contributed by atoms with Gasteiger partial charge in [-0.15, -0.1) is 10.2 Å². The second-order valence-corrected chi connectivity index (χ2v) is 9.52. The van der Waals surface area contributed by atoms with Crippen LogP contribution in [0, 0.1) is 5.41 Å². The molecule has 170 valence electrons. The van der Waals surface area contributed by atoms with E-state index < -0.39 is 0 Å². The van der Waals surface area contributed by atoms with E-state index in [0.717, 1.165) is 53.6 Å². The minimum Gasteiger partial charge on any atom is -0.295 e. The number of pyridine rings is 1. The van der Waals surface area contributed by atoms with Crippen LogP contribution in [-0.4, -0.2) is 34.7 Å². The molecule has 33 heavy (non-hydrogen) atoms. The molecule has 0 amide bonds. The molecule has 1 saturated carbocycles. The molecule has 4 aromatic rings. The highest BCUT2D eigenvalue weighted by Gasteiger charge is 2.48. The Morgan fingerprint density at radius 2 is 1.94 bits per heavy atom. The SMILES string of the molecule is CCCCc1cn(C2CC2(C)C)c(=O)n1Cc1cnccc1-c1ccccc1-c1nn[nH]n1. The summed E-state index contributed by atoms with van der Waals surface area (Å²) in [5.74, 6) is 0.538. The Morgan fingerprint density at radius 3 is 2.64 bits per heavy atom. The maximum Gasteiger partial charge on any atom is 0.328 e. The molecule has 5 rings (SSSR count). The number of rotatable bonds is 8. The monoisotopic (exact) mass is 443 g/mol. The molecule has 1 unspecified atom stereocenters. The van der Waals surface area contributed by atoms with Gasteiger partial charge >= 0.3 is 5.69 Å². The van der Waals surface area contributed by atoms with Gasteiger partial charge in [-0.25, -0.2) is 4.79 Å². The lowest BCUT2D eigenvalue weighted by Crippen LogP contribution is -2.26. The van der Waals surface area contributed by atoms with Gasteiger partial charge in [-0.05, 0) is 52.6 Å². The summed E-state index contributed by atoms with van der Waals surface area (Å²) in [6.07, 6.45) is 9.80. The lowest BCUT2D eigenvalue weighted by Gasteiger charge is -2.14. The molecule has 1 aliphatic rings. The molecule has 3 heterocycles. The van der Waals surface area contributed by atoms with E-state index in [2.05, 4.69) is 52.6 Å². The van der Waals surface area contributed by atoms with Crippen LogP contribution in [0.2, 0.25) is 0 Å². The van der Waals surface area contributed by atoms with Crippen molar-refractivity contribution >= 4 is 0 Å². The highest BCUT2D eigenvalue weighted by atomic mass is 16.1. The van der Waals surface area contributed by atoms with Crippen LogP contribution in [0.25, 0.3) is 22.5 Å². The van der Waals surface area contributed by atoms with Gasteiger partial charge < -0.3 is 0 Å². The number of nitrogens with zero attached hydrogens (tertiary/aromatic N) is 6. The Morgan fingerprint density at radius 1 is 1.15 bits per heavy atom. The molecule has 0 spiro atoms. The van der Waals surface area contributed by atoms with Crippen LogP contribution in [-0.2, 0) is 13.0 Å². The first kappa shape index (κ1) is 21.3. The Labute approximate surface area is 192 Å². The van der Waals surface area contributed by atoms with Gasteiger partial charge in [0, 0.05) is 35.9 Å². The number of benzene rings is 1. The highest BCUT2D eigenvalue weighted by Crippen LogP contribution is 2.54. The number of H-pyrrole nitrogens is 1. The van der Waals surface area contributed by atoms with Gasteiger partial charge in [0.2, 0.25) is 5.82 Å². The van der Waals surface area contributed by atoms with Crippen molar-refractivity contribution in [2.45, 2.75) is 59.0 Å². The first-order valence-electron chi connectivity index (χ1n) is 11.6. The number of hydrogen-bond donors (Lipinski definition) is 1. The van der Waals surface area contributed by atoms with Gasteiger partial charge in [0.05, 0.1) is 6.54 Å². The summed E-state index contributed by atoms with van der Waals surface area (Å²) in [7, 11) is 0. The minimum absolute atomic E-state index is 0.0675. The Balaban J connectivity index is 1.57. The first-order valence-corrected chi connectivity index (χ1v) is 11.6. The number of aryl methyl sites for hydroxylation is 1. The summed E-state index contributed by atoms with van der Waals surface area (Å²) in [5.41, 5.74) is 5.21. The van der Waals surface area contributed by atoms with Crippen LogP contribution >= 0.6 is 0 Å². The molecule has 1 aliphatic carbocycles. The highest BCUT2D eigenvalue weighted by molar-refractivity contribution is 5.81. The average molecular weight is 444 g/mol. The van der Waals surface area contributed by atoms with E-state index in [0.29, 0.717) is 12.4 Å². The third-order valence-corrected chi connectivity index (χ3v) is 6.71. The molecule has 0 radical (unpaired) electrons. The fourth-order valence-electron chi connectivity index (χ4n) is 4.59. The Bertz CT molecular complexity index is 1320. The molecule has 1 fully saturated rings. The van der Waals surface area contributed by atoms with Crippen molar-refractivity contribution in [2.24, 2.45) is 5.41 Å². The third-order valence-electron chi connectivity index (χ3n) is 6.71. The Hall–Kier alpha value is -3.55. The Kier molecular flexibility index (Phi) is 5.44. The molecule has 0 saturated heterocycles. The zero-order valence-corrected chi connectivity index (χ0v) is 19.3. The number of aromatic nitrogens is 7. The number of imidazole rings is 1. The topological polar surface area (TPSA) is 94.3 Å². The van der Waals surface area contributed by atoms with E-state index in [4.69, 9.17) is 0 Å². The van der Waals surface area contributed by atoms with Crippen molar-refractivity contribution in [3.05, 3.63) is 70.7 Å². The fraction of sp³-hybridized carbons (Fsp3) is 0.400. The van der Waals surface area contributed by atoms with Crippen LogP contribution in [0.3, 0.4) is 0 Å². The molecular weight excluding hydrogens is 414 g/mol. The maximum absolute atomic E-state index is 13.5. The number of hydrogen-bond acceptors (Lipinski definition) is 5. The van der Waals surface area contributed by atoms with E-state index in [-0.39, 0.29) is 17.1 Å². The summed E-state index contributed by atoms with van der Waals surface area (Å²) >= 11 is 0. The second kappa shape index (κ2) is 8.42. The number of tetrazole rings is 1. The molecule has 0 aliphatic heterocycles. The van der Waals surface area contributed by atoms with E-state index in [1.54, 1.807) is 6.20 Å². The van der Waals surface area contributed by atoms with E-state index in [1.165, 1.54) is 0 Å². The fourth-order valence-corrected chi connectivity index (χ4v) is 4.59. The third kappa shape index (κ3) is 4.01. The van der Waals surface area contributed by atoms with Crippen LogP contribution in [0.15, 0.2) is 53.7 Å². The molecule has 8 heteroatoms. The smallest absolute Gasteiger partial charge is 0.295 e. The predicted molar refractivity (Wildman–Crippen MR) is 127 cm³/mol. The second-order valence-electron chi connectivity index (χ2n) is 9.52. The summed E-state index contributed by atoms with van der Waals surface area (Å²) in [4.78, 5) is 17.9. The first-order chi connectivity index (χ1) is 16.0. The van der Waals surface area contributed by atoms with Gasteiger partial charge in [0.25, 0.3) is 0 Å². The molecular formula is C25H29N7O. The van der Waals surface area contributed by atoms with Crippen molar-refractivity contribution in [3.8, 4) is 22.5 Å². The van der Waals surface area contributed by atoms with Gasteiger partial charge in [0.15, 0.2) is 0 Å². The lowest BCUT2D eigenvalue weighted by molar-refractivity contribution is 0.523. The number of unbranched alkanes of at least 4 members (excludes halogenated alkanes) is 1. The van der Waals surface area contributed by atoms with Crippen molar-refractivity contribution in [2.75, 3.05) is 0 Å². The predicted octanol–water partition coefficient (Wildman–Crippen LogP) is 4.25. The normalized spacial score (nSPS) is 16.8. The number of nitrogens with one attached hydrogen (secondary N) is 1. The summed E-state index contributed by atoms with van der Waals surface area (Å²) in [6, 6.07) is 10.2. The van der Waals surface area contributed by atoms with Crippen LogP contribution in [0.4, 0.5) is 0 Å². The minimum atomic E-state index is 0.0675. The molecule has 1 aromatic carbocycles. The van der Waals surface area contributed by atoms with Crippen LogP contribution < -0.4 is 5.69 Å². The molecule has 8 nitrogen and oxygen atoms in total. The number of aromatic amines is 1. The largest absolute Gasteiger partial charge is 0.328 e. The van der Waals surface area contributed by atoms with Crippen LogP contribution in [0.5, 0.6) is 0 Å². The van der Waals surface area contributed by atoms with E-state index >= 15 is 0 Å². The molecule has 3 aromatic heterocycles. The van der Waals surface area contributed by atoms with Crippen molar-refractivity contribution in [1.82, 2.24) is 34.7 Å². The van der Waals surface area contributed by atoms with Crippen molar-refractivity contribution in [1.29, 1.82) is 0 Å². The summed E-state index contributed by atoms with van der Waals surface area (Å²) in [5, 5.41) is 14.6. The zero-order valence-electron chi connectivity index (χ0n) is 19.3. The molecule has 1 N–H and O–H groups in total. The van der Waals surface area contributed by atoms with Gasteiger partial charge in [-0.1, -0.05) is 51.5 Å². The van der Waals surface area contributed by atoms with Crippen molar-refractivity contribution in [3.63, 3.8) is 0 Å². The zero-order chi connectivity index (χ0) is 23.0. The summed E-state index contributed by atoms with van der Waals surface area (Å²) in [6.45, 7) is 7.10. The van der Waals surface area contributed by atoms with Gasteiger partial charge in [-0.2, -0.15) is 5.21 Å². The van der Waals surface area contributed by atoms with E-state index in [9.17, 15) is 4.79 Å². The summed E-state index contributed by atoms with van der Waals surface area (Å²) < 4.78 is 3.88. The van der Waals surface area contributed by atoms with Gasteiger partial charge in [-0.3, -0.25) is 14.1 Å². The molecule has 1 atom stereocenters. The van der Waals surface area contributed by atoms with Crippen molar-refractivity contribution < 1.29 is 0 Å².